The number of Topliss-reactive ketones (excluding diaryl/α,β-unsaturated/α-hetero) is 5. The Labute approximate surface area is 141 Å². The second kappa shape index (κ2) is 7.15. The molecule has 6 N–H and O–H groups in total. The van der Waals surface area contributed by atoms with E-state index in [0.29, 0.717) is 27.7 Å². The molecule has 0 rings (SSSR count). The van der Waals surface area contributed by atoms with Crippen molar-refractivity contribution in [1.29, 1.82) is 0 Å². The van der Waals surface area contributed by atoms with Gasteiger partial charge in [-0.05, 0) is 20.8 Å². The zero-order valence-electron chi connectivity index (χ0n) is 13.9. The van der Waals surface area contributed by atoms with E-state index >= 15 is 0 Å². The van der Waals surface area contributed by atoms with Crippen molar-refractivity contribution in [2.24, 2.45) is 0 Å². The lowest BCUT2D eigenvalue weighted by Crippen LogP contribution is -2.82. The highest BCUT2D eigenvalue weighted by Crippen LogP contribution is 2.40. The van der Waals surface area contributed by atoms with Crippen molar-refractivity contribution in [3.8, 4) is 0 Å². The highest BCUT2D eigenvalue weighted by atomic mass is 16.5. The van der Waals surface area contributed by atoms with Gasteiger partial charge in [-0.15, -0.1) is 0 Å². The third kappa shape index (κ3) is 3.05. The molecule has 0 bridgehead atoms. The summed E-state index contributed by atoms with van der Waals surface area (Å²) in [5.74, 6) is -8.79. The predicted octanol–water partition coefficient (Wildman–Crippen LogP) is -4.22. The molecule has 0 saturated heterocycles. The molecule has 0 amide bonds. The molecule has 25 heavy (non-hydrogen) atoms. The van der Waals surface area contributed by atoms with Crippen LogP contribution in [0.25, 0.3) is 0 Å². The van der Waals surface area contributed by atoms with Crippen molar-refractivity contribution in [2.75, 3.05) is 0 Å². The van der Waals surface area contributed by atoms with E-state index in [2.05, 4.69) is 0 Å². The van der Waals surface area contributed by atoms with E-state index in [9.17, 15) is 44.4 Å². The Bertz CT molecular complexity index is 624. The molecule has 0 heterocycles. The van der Waals surface area contributed by atoms with Crippen LogP contribution in [-0.4, -0.2) is 88.8 Å². The number of aliphatic hydroxyl groups is 6. The Kier molecular flexibility index (Phi) is 6.61. The molecule has 0 fully saturated rings. The first-order valence-electron chi connectivity index (χ1n) is 6.84. The van der Waals surface area contributed by atoms with Gasteiger partial charge in [-0.3, -0.25) is 24.0 Å². The van der Waals surface area contributed by atoms with Crippen molar-refractivity contribution < 1.29 is 54.6 Å². The van der Waals surface area contributed by atoms with Crippen molar-refractivity contribution in [3.05, 3.63) is 0 Å². The summed E-state index contributed by atoms with van der Waals surface area (Å²) in [6, 6.07) is 0. The van der Waals surface area contributed by atoms with Crippen molar-refractivity contribution in [1.82, 2.24) is 0 Å². The van der Waals surface area contributed by atoms with Crippen LogP contribution in [0.3, 0.4) is 0 Å². The van der Waals surface area contributed by atoms with Gasteiger partial charge in [-0.2, -0.15) is 0 Å². The van der Waals surface area contributed by atoms with Gasteiger partial charge < -0.3 is 30.6 Å². The summed E-state index contributed by atoms with van der Waals surface area (Å²) in [6.45, 7) is 1.95. The lowest BCUT2D eigenvalue weighted by Gasteiger charge is -2.49. The molecule has 0 aromatic rings. The highest BCUT2D eigenvalue weighted by Gasteiger charge is 2.75. The van der Waals surface area contributed by atoms with E-state index in [1.807, 2.05) is 0 Å². The molecule has 0 saturated carbocycles. The SMILES string of the molecule is CC(=O)C(=O)[C@@](O)(C(C)=O)[C@](O)(C(C)=O)[C@@](O)(C(C)=O)[C@H](O)C(O)O. The minimum atomic E-state index is -4.11. The van der Waals surface area contributed by atoms with Crippen molar-refractivity contribution >= 4 is 28.9 Å². The van der Waals surface area contributed by atoms with Crippen molar-refractivity contribution in [2.45, 2.75) is 56.9 Å². The summed E-state index contributed by atoms with van der Waals surface area (Å²) in [7, 11) is 0. The number of carbonyl (C=O) groups excluding carboxylic acids is 5. The standard InChI is InChI=1S/C14H20O11/c1-5(15)9(19)12(23,6(2)16)14(25,8(4)18)13(24,7(3)17)10(20)11(21)22/h10-11,20-25H,1-4H3/t10-,12+,13-,14-/m1/s1. The van der Waals surface area contributed by atoms with Gasteiger partial charge in [0.25, 0.3) is 0 Å². The second-order valence-corrected chi connectivity index (χ2v) is 5.60. The maximum absolute atomic E-state index is 12.1. The molecule has 0 aliphatic rings. The van der Waals surface area contributed by atoms with Crippen LogP contribution in [-0.2, 0) is 24.0 Å². The van der Waals surface area contributed by atoms with Gasteiger partial charge in [-0.1, -0.05) is 0 Å². The van der Waals surface area contributed by atoms with E-state index in [-0.39, 0.29) is 0 Å². The molecular formula is C14H20O11. The van der Waals surface area contributed by atoms with Gasteiger partial charge >= 0.3 is 0 Å². The summed E-state index contributed by atoms with van der Waals surface area (Å²) >= 11 is 0. The van der Waals surface area contributed by atoms with Gasteiger partial charge in [0.1, 0.15) is 6.10 Å². The van der Waals surface area contributed by atoms with Crippen molar-refractivity contribution in [3.63, 3.8) is 0 Å². The first-order chi connectivity index (χ1) is 11.0. The molecular weight excluding hydrogens is 344 g/mol. The van der Waals surface area contributed by atoms with Crippen LogP contribution >= 0.6 is 0 Å². The highest BCUT2D eigenvalue weighted by molar-refractivity contribution is 6.45. The first kappa shape index (κ1) is 23.1. The molecule has 0 aliphatic carbocycles. The number of hydrogen-bond donors (Lipinski definition) is 6. The van der Waals surface area contributed by atoms with Crippen LogP contribution in [0.4, 0.5) is 0 Å². The number of hydrogen-bond acceptors (Lipinski definition) is 11. The average molecular weight is 364 g/mol. The molecule has 0 spiro atoms. The summed E-state index contributed by atoms with van der Waals surface area (Å²) in [4.78, 5) is 59.1. The molecule has 0 aliphatic heterocycles. The lowest BCUT2D eigenvalue weighted by atomic mass is 9.61. The summed E-state index contributed by atoms with van der Waals surface area (Å²) in [5.41, 5.74) is -12.0. The fraction of sp³-hybridized carbons (Fsp3) is 0.643. The maximum atomic E-state index is 12.1. The molecule has 0 aromatic carbocycles. The minimum absolute atomic E-state index is 0.436. The third-order valence-corrected chi connectivity index (χ3v) is 3.99. The number of rotatable bonds is 9. The maximum Gasteiger partial charge on any atom is 0.240 e. The average Bonchev–Trinajstić information content (AvgIpc) is 2.49. The Morgan fingerprint density at radius 3 is 1.32 bits per heavy atom. The van der Waals surface area contributed by atoms with Crippen LogP contribution in [0, 0.1) is 0 Å². The Morgan fingerprint density at radius 1 is 0.720 bits per heavy atom. The quantitative estimate of drug-likeness (QED) is 0.131. The van der Waals surface area contributed by atoms with Gasteiger partial charge in [0.05, 0.1) is 0 Å². The molecule has 4 atom stereocenters. The Morgan fingerprint density at radius 2 is 1.12 bits per heavy atom. The largest absolute Gasteiger partial charge is 0.384 e. The zero-order chi connectivity index (χ0) is 20.5. The van der Waals surface area contributed by atoms with E-state index in [4.69, 9.17) is 10.2 Å². The van der Waals surface area contributed by atoms with Gasteiger partial charge in [-0.25, -0.2) is 0 Å². The number of ketones is 5. The first-order valence-corrected chi connectivity index (χ1v) is 6.84. The number of aliphatic hydroxyl groups excluding tert-OH is 2. The lowest BCUT2D eigenvalue weighted by molar-refractivity contribution is -0.268. The number of carbonyl (C=O) groups is 5. The fourth-order valence-electron chi connectivity index (χ4n) is 2.53. The minimum Gasteiger partial charge on any atom is -0.384 e. The van der Waals surface area contributed by atoms with Gasteiger partial charge in [0.2, 0.25) is 17.0 Å². The smallest absolute Gasteiger partial charge is 0.240 e. The van der Waals surface area contributed by atoms with E-state index in [0.717, 1.165) is 0 Å². The molecule has 0 unspecified atom stereocenters. The van der Waals surface area contributed by atoms with Crippen LogP contribution in [0.1, 0.15) is 27.7 Å². The fourth-order valence-corrected chi connectivity index (χ4v) is 2.53. The Balaban J connectivity index is 7.19. The monoisotopic (exact) mass is 364 g/mol. The summed E-state index contributed by atoms with van der Waals surface area (Å²) in [6.07, 6.45) is -5.98. The molecule has 0 aromatic heterocycles. The molecule has 0 radical (unpaired) electrons. The van der Waals surface area contributed by atoms with Crippen LogP contribution in [0.2, 0.25) is 0 Å². The molecule has 11 heteroatoms. The molecule has 11 nitrogen and oxygen atoms in total. The van der Waals surface area contributed by atoms with Gasteiger partial charge in [0.15, 0.2) is 35.0 Å². The normalized spacial score (nSPS) is 20.0. The van der Waals surface area contributed by atoms with E-state index < -0.39 is 58.1 Å². The summed E-state index contributed by atoms with van der Waals surface area (Å²) in [5, 5.41) is 59.5. The zero-order valence-corrected chi connectivity index (χ0v) is 13.9. The molecule has 142 valence electrons. The third-order valence-electron chi connectivity index (χ3n) is 3.99. The van der Waals surface area contributed by atoms with E-state index in [1.165, 1.54) is 0 Å². The van der Waals surface area contributed by atoms with Crippen LogP contribution in [0.15, 0.2) is 0 Å². The topological polar surface area (TPSA) is 207 Å². The summed E-state index contributed by atoms with van der Waals surface area (Å²) < 4.78 is 0. The van der Waals surface area contributed by atoms with E-state index in [1.54, 1.807) is 0 Å². The van der Waals surface area contributed by atoms with Crippen LogP contribution < -0.4 is 0 Å². The van der Waals surface area contributed by atoms with Gasteiger partial charge in [0, 0.05) is 6.92 Å². The predicted molar refractivity (Wildman–Crippen MR) is 76.8 cm³/mol. The second-order valence-electron chi connectivity index (χ2n) is 5.60. The van der Waals surface area contributed by atoms with Crippen LogP contribution in [0.5, 0.6) is 0 Å². The Hall–Kier alpha value is -1.89.